The van der Waals surface area contributed by atoms with Crippen molar-refractivity contribution in [1.29, 1.82) is 0 Å². The third-order valence-electron chi connectivity index (χ3n) is 3.05. The Morgan fingerprint density at radius 1 is 1.00 bits per heavy atom. The van der Waals surface area contributed by atoms with Crippen LogP contribution in [-0.4, -0.2) is 68.7 Å². The van der Waals surface area contributed by atoms with Gasteiger partial charge in [0.15, 0.2) is 0 Å². The number of ether oxygens (including phenoxy) is 2. The Morgan fingerprint density at radius 3 is 2.13 bits per heavy atom. The van der Waals surface area contributed by atoms with Crippen molar-refractivity contribution in [2.45, 2.75) is 4.90 Å². The van der Waals surface area contributed by atoms with Crippen molar-refractivity contribution < 1.29 is 32.0 Å². The zero-order valence-electron chi connectivity index (χ0n) is 11.7. The quantitative estimate of drug-likeness (QED) is 0.501. The Hall–Kier alpha value is -1.45. The van der Waals surface area contributed by atoms with Gasteiger partial charge in [-0.15, -0.1) is 0 Å². The third kappa shape index (κ3) is 3.91. The normalized spacial score (nSPS) is 10.7. The number of carbonyl (C=O) groups excluding carboxylic acids is 2. The Bertz CT molecular complexity index is 874. The molecular formula is C14H13NaO7S. The van der Waals surface area contributed by atoms with Gasteiger partial charge in [0.2, 0.25) is 0 Å². The second-order valence-electron chi connectivity index (χ2n) is 4.34. The number of rotatable bonds is 3. The van der Waals surface area contributed by atoms with Crippen molar-refractivity contribution in [3.8, 4) is 0 Å². The Morgan fingerprint density at radius 2 is 1.61 bits per heavy atom. The van der Waals surface area contributed by atoms with Crippen LogP contribution in [0.2, 0.25) is 0 Å². The van der Waals surface area contributed by atoms with Gasteiger partial charge in [-0.1, -0.05) is 12.1 Å². The zero-order chi connectivity index (χ0) is 16.5. The summed E-state index contributed by atoms with van der Waals surface area (Å²) in [5.41, 5.74) is -0.0783. The van der Waals surface area contributed by atoms with Gasteiger partial charge in [0.25, 0.3) is 10.1 Å². The molecule has 118 valence electrons. The number of hydrogen-bond acceptors (Lipinski definition) is 6. The first-order valence-corrected chi connectivity index (χ1v) is 7.44. The Kier molecular flexibility index (Phi) is 6.32. The maximum absolute atomic E-state index is 11.7. The summed E-state index contributed by atoms with van der Waals surface area (Å²) in [4.78, 5) is 22.6. The fourth-order valence-electron chi connectivity index (χ4n) is 2.09. The van der Waals surface area contributed by atoms with E-state index in [-0.39, 0.29) is 46.1 Å². The monoisotopic (exact) mass is 348 g/mol. The predicted octanol–water partition coefficient (Wildman–Crippen LogP) is 1.01. The van der Waals surface area contributed by atoms with Crippen LogP contribution in [0.3, 0.4) is 0 Å². The first-order valence-electron chi connectivity index (χ1n) is 6.00. The van der Waals surface area contributed by atoms with Crippen molar-refractivity contribution >= 4 is 62.4 Å². The molecule has 0 aliphatic carbocycles. The summed E-state index contributed by atoms with van der Waals surface area (Å²) in [6.07, 6.45) is 0. The van der Waals surface area contributed by atoms with Crippen molar-refractivity contribution in [1.82, 2.24) is 0 Å². The van der Waals surface area contributed by atoms with Crippen molar-refractivity contribution in [2.24, 2.45) is 0 Å². The van der Waals surface area contributed by atoms with Crippen LogP contribution in [0.4, 0.5) is 0 Å². The van der Waals surface area contributed by atoms with E-state index in [4.69, 9.17) is 0 Å². The summed E-state index contributed by atoms with van der Waals surface area (Å²) in [5, 5.41) is 0.446. The summed E-state index contributed by atoms with van der Waals surface area (Å²) in [5.74, 6) is -1.49. The van der Waals surface area contributed by atoms with Gasteiger partial charge in [-0.25, -0.2) is 9.59 Å². The molecule has 2 rings (SSSR count). The van der Waals surface area contributed by atoms with Gasteiger partial charge in [-0.2, -0.15) is 8.42 Å². The molecule has 23 heavy (non-hydrogen) atoms. The topological polar surface area (TPSA) is 107 Å². The molecule has 9 heteroatoms. The van der Waals surface area contributed by atoms with Crippen LogP contribution >= 0.6 is 0 Å². The van der Waals surface area contributed by atoms with Gasteiger partial charge in [-0.3, -0.25) is 4.55 Å². The van der Waals surface area contributed by atoms with Gasteiger partial charge in [-0.05, 0) is 23.6 Å². The maximum atomic E-state index is 11.7. The molecule has 0 unspecified atom stereocenters. The van der Waals surface area contributed by atoms with E-state index in [0.717, 1.165) is 7.11 Å². The standard InChI is InChI=1S/C14H12O7S.Na.H/c1-20-13(15)9-4-5-10-8(7-9)3-6-11(14(16)21-2)12(10)22(17,18)19;;/h3-7H,1-2H3,(H,17,18,19);;. The van der Waals surface area contributed by atoms with Crippen molar-refractivity contribution in [3.63, 3.8) is 0 Å². The van der Waals surface area contributed by atoms with E-state index in [1.54, 1.807) is 0 Å². The summed E-state index contributed by atoms with van der Waals surface area (Å²) >= 11 is 0. The molecule has 0 atom stereocenters. The van der Waals surface area contributed by atoms with Crippen LogP contribution in [-0.2, 0) is 19.6 Å². The minimum absolute atomic E-state index is 0. The Balaban J connectivity index is 0.00000264. The number of carbonyl (C=O) groups is 2. The second kappa shape index (κ2) is 7.41. The molecule has 0 aromatic heterocycles. The van der Waals surface area contributed by atoms with Crippen LogP contribution in [0.25, 0.3) is 10.8 Å². The molecule has 0 spiro atoms. The molecule has 0 aliphatic heterocycles. The first kappa shape index (κ1) is 19.6. The van der Waals surface area contributed by atoms with Crippen molar-refractivity contribution in [3.05, 3.63) is 41.5 Å². The van der Waals surface area contributed by atoms with Gasteiger partial charge in [0.1, 0.15) is 4.90 Å². The molecule has 0 radical (unpaired) electrons. The van der Waals surface area contributed by atoms with E-state index in [1.807, 2.05) is 0 Å². The summed E-state index contributed by atoms with van der Waals surface area (Å²) in [7, 11) is -2.35. The van der Waals surface area contributed by atoms with E-state index in [9.17, 15) is 22.6 Å². The molecular weight excluding hydrogens is 335 g/mol. The van der Waals surface area contributed by atoms with Crippen LogP contribution in [0.15, 0.2) is 35.2 Å². The summed E-state index contributed by atoms with van der Waals surface area (Å²) in [6.45, 7) is 0. The molecule has 0 amide bonds. The van der Waals surface area contributed by atoms with Gasteiger partial charge in [0, 0.05) is 5.39 Å². The van der Waals surface area contributed by atoms with Crippen molar-refractivity contribution in [2.75, 3.05) is 14.2 Å². The molecule has 2 aromatic carbocycles. The second-order valence-corrected chi connectivity index (χ2v) is 5.69. The van der Waals surface area contributed by atoms with Gasteiger partial charge in [0.05, 0.1) is 25.3 Å². The molecule has 7 nitrogen and oxygen atoms in total. The fraction of sp³-hybridized carbons (Fsp3) is 0.143. The summed E-state index contributed by atoms with van der Waals surface area (Å²) in [6, 6.07) is 6.71. The molecule has 0 saturated carbocycles. The Labute approximate surface area is 154 Å². The molecule has 0 aliphatic rings. The molecule has 1 N–H and O–H groups in total. The van der Waals surface area contributed by atoms with E-state index in [2.05, 4.69) is 9.47 Å². The number of fused-ring (bicyclic) bond motifs is 1. The minimum atomic E-state index is -4.67. The number of methoxy groups -OCH3 is 2. The number of benzene rings is 2. The van der Waals surface area contributed by atoms with Crippen LogP contribution < -0.4 is 0 Å². The van der Waals surface area contributed by atoms with E-state index < -0.39 is 27.0 Å². The van der Waals surface area contributed by atoms with Crippen LogP contribution in [0, 0.1) is 0 Å². The third-order valence-corrected chi connectivity index (χ3v) is 4.01. The van der Waals surface area contributed by atoms with E-state index >= 15 is 0 Å². The molecule has 0 saturated heterocycles. The molecule has 0 heterocycles. The fourth-order valence-corrected chi connectivity index (χ4v) is 2.99. The van der Waals surface area contributed by atoms with Gasteiger partial charge >= 0.3 is 41.5 Å². The average molecular weight is 348 g/mol. The zero-order valence-corrected chi connectivity index (χ0v) is 12.5. The van der Waals surface area contributed by atoms with Crippen LogP contribution in [0.5, 0.6) is 0 Å². The molecule has 2 aromatic rings. The number of hydrogen-bond donors (Lipinski definition) is 1. The number of esters is 2. The predicted molar refractivity (Wildman–Crippen MR) is 83.6 cm³/mol. The van der Waals surface area contributed by atoms with E-state index in [1.165, 1.54) is 37.4 Å². The SMILES string of the molecule is COC(=O)c1ccc2c(S(=O)(=O)O)c(C(=O)OC)ccc2c1.[NaH]. The average Bonchev–Trinajstić information content (AvgIpc) is 2.50. The summed E-state index contributed by atoms with van der Waals surface area (Å²) < 4.78 is 41.7. The first-order chi connectivity index (χ1) is 10.3. The van der Waals surface area contributed by atoms with Crippen LogP contribution in [0.1, 0.15) is 20.7 Å². The molecule has 0 fully saturated rings. The van der Waals surface area contributed by atoms with E-state index in [0.29, 0.717) is 5.39 Å². The van der Waals surface area contributed by atoms with Gasteiger partial charge < -0.3 is 9.47 Å². The molecule has 0 bridgehead atoms.